The molecule has 0 bridgehead atoms. The summed E-state index contributed by atoms with van der Waals surface area (Å²) in [6.45, 7) is 6.33. The Morgan fingerprint density at radius 1 is 0.968 bits per heavy atom. The predicted molar refractivity (Wildman–Crippen MR) is 118 cm³/mol. The second-order valence-electron chi connectivity index (χ2n) is 7.97. The van der Waals surface area contributed by atoms with Gasteiger partial charge in [0, 0.05) is 57.9 Å². The number of nitro groups is 1. The van der Waals surface area contributed by atoms with Gasteiger partial charge in [0.05, 0.1) is 29.4 Å². The minimum absolute atomic E-state index is 0.0547. The van der Waals surface area contributed by atoms with Gasteiger partial charge in [-0.3, -0.25) is 19.8 Å². The number of anilines is 1. The monoisotopic (exact) mass is 424 g/mol. The molecule has 2 saturated heterocycles. The Morgan fingerprint density at radius 3 is 2.48 bits per heavy atom. The second kappa shape index (κ2) is 9.89. The number of carbonyl (C=O) groups is 1. The Kier molecular flexibility index (Phi) is 6.79. The van der Waals surface area contributed by atoms with E-state index in [1.165, 1.54) is 17.7 Å². The summed E-state index contributed by atoms with van der Waals surface area (Å²) in [5.74, 6) is -0.133. The van der Waals surface area contributed by atoms with E-state index in [0.717, 1.165) is 31.7 Å². The van der Waals surface area contributed by atoms with E-state index in [1.807, 2.05) is 23.1 Å². The molecule has 0 spiro atoms. The van der Waals surface area contributed by atoms with Crippen LogP contribution in [0.4, 0.5) is 11.4 Å². The molecule has 0 N–H and O–H groups in total. The lowest BCUT2D eigenvalue weighted by molar-refractivity contribution is -0.384. The topological polar surface area (TPSA) is 79.2 Å². The van der Waals surface area contributed by atoms with E-state index in [1.54, 1.807) is 6.07 Å². The van der Waals surface area contributed by atoms with Crippen molar-refractivity contribution in [2.75, 3.05) is 57.4 Å². The second-order valence-corrected chi connectivity index (χ2v) is 7.97. The molecule has 1 amide bonds. The molecule has 8 heteroatoms. The smallest absolute Gasteiger partial charge is 0.270 e. The van der Waals surface area contributed by atoms with E-state index in [9.17, 15) is 14.9 Å². The number of benzene rings is 2. The van der Waals surface area contributed by atoms with E-state index in [2.05, 4.69) is 21.9 Å². The molecule has 2 aliphatic rings. The zero-order valence-corrected chi connectivity index (χ0v) is 17.6. The number of morpholine rings is 1. The first-order chi connectivity index (χ1) is 15.1. The fourth-order valence-electron chi connectivity index (χ4n) is 4.23. The average molecular weight is 425 g/mol. The molecule has 0 aliphatic carbocycles. The fraction of sp³-hybridized carbons (Fsp3) is 0.435. The molecule has 2 fully saturated rings. The molecular formula is C23H28N4O4. The highest BCUT2D eigenvalue weighted by atomic mass is 16.6. The lowest BCUT2D eigenvalue weighted by Crippen LogP contribution is -2.39. The highest BCUT2D eigenvalue weighted by molar-refractivity contribution is 6.00. The third kappa shape index (κ3) is 5.21. The van der Waals surface area contributed by atoms with Crippen molar-refractivity contribution < 1.29 is 14.5 Å². The molecule has 0 unspecified atom stereocenters. The van der Waals surface area contributed by atoms with Crippen LogP contribution in [0.15, 0.2) is 48.5 Å². The van der Waals surface area contributed by atoms with Gasteiger partial charge in [-0.25, -0.2) is 0 Å². The molecule has 164 valence electrons. The molecule has 4 rings (SSSR count). The van der Waals surface area contributed by atoms with Crippen LogP contribution in [0.1, 0.15) is 22.3 Å². The minimum atomic E-state index is -0.441. The Labute approximate surface area is 182 Å². The molecule has 8 nitrogen and oxygen atoms in total. The molecule has 2 aromatic carbocycles. The van der Waals surface area contributed by atoms with Crippen molar-refractivity contribution >= 4 is 17.3 Å². The normalized spacial score (nSPS) is 17.9. The molecule has 0 aromatic heterocycles. The Balaban J connectivity index is 1.51. The first kappa shape index (κ1) is 21.3. The maximum absolute atomic E-state index is 13.5. The summed E-state index contributed by atoms with van der Waals surface area (Å²) in [5.41, 5.74) is 2.37. The summed E-state index contributed by atoms with van der Waals surface area (Å²) in [4.78, 5) is 30.7. The molecular weight excluding hydrogens is 396 g/mol. The van der Waals surface area contributed by atoms with Crippen LogP contribution >= 0.6 is 0 Å². The van der Waals surface area contributed by atoms with Crippen molar-refractivity contribution in [1.29, 1.82) is 0 Å². The molecule has 2 aliphatic heterocycles. The molecule has 2 aromatic rings. The quantitative estimate of drug-likeness (QED) is 0.543. The number of amides is 1. The van der Waals surface area contributed by atoms with Crippen LogP contribution in [-0.4, -0.2) is 73.1 Å². The largest absolute Gasteiger partial charge is 0.378 e. The van der Waals surface area contributed by atoms with Gasteiger partial charge in [0.15, 0.2) is 0 Å². The summed E-state index contributed by atoms with van der Waals surface area (Å²) < 4.78 is 5.43. The molecule has 0 saturated carbocycles. The van der Waals surface area contributed by atoms with Crippen LogP contribution in [0.3, 0.4) is 0 Å². The summed E-state index contributed by atoms with van der Waals surface area (Å²) in [6, 6.07) is 14.9. The maximum atomic E-state index is 13.5. The summed E-state index contributed by atoms with van der Waals surface area (Å²) in [6.07, 6.45) is 0.875. The van der Waals surface area contributed by atoms with Crippen molar-refractivity contribution in [3.8, 4) is 0 Å². The zero-order chi connectivity index (χ0) is 21.6. The number of ether oxygens (including phenoxy) is 1. The van der Waals surface area contributed by atoms with Gasteiger partial charge in [0.25, 0.3) is 11.6 Å². The Bertz CT molecular complexity index is 915. The van der Waals surface area contributed by atoms with Crippen LogP contribution in [-0.2, 0) is 11.3 Å². The first-order valence-electron chi connectivity index (χ1n) is 10.8. The summed E-state index contributed by atoms with van der Waals surface area (Å²) >= 11 is 0. The number of hydrogen-bond donors (Lipinski definition) is 0. The van der Waals surface area contributed by atoms with Gasteiger partial charge in [-0.15, -0.1) is 0 Å². The van der Waals surface area contributed by atoms with Crippen molar-refractivity contribution in [3.63, 3.8) is 0 Å². The van der Waals surface area contributed by atoms with E-state index in [-0.39, 0.29) is 11.6 Å². The third-order valence-electron chi connectivity index (χ3n) is 5.90. The van der Waals surface area contributed by atoms with Gasteiger partial charge in [0.1, 0.15) is 0 Å². The summed E-state index contributed by atoms with van der Waals surface area (Å²) in [5, 5.41) is 11.4. The molecule has 0 radical (unpaired) electrons. The van der Waals surface area contributed by atoms with E-state index < -0.39 is 4.92 Å². The van der Waals surface area contributed by atoms with Gasteiger partial charge in [-0.2, -0.15) is 0 Å². The van der Waals surface area contributed by atoms with Crippen LogP contribution in [0.25, 0.3) is 0 Å². The van der Waals surface area contributed by atoms with Gasteiger partial charge in [-0.1, -0.05) is 30.3 Å². The van der Waals surface area contributed by atoms with Gasteiger partial charge in [-0.05, 0) is 18.1 Å². The van der Waals surface area contributed by atoms with E-state index in [4.69, 9.17) is 4.74 Å². The molecule has 31 heavy (non-hydrogen) atoms. The highest BCUT2D eigenvalue weighted by Gasteiger charge is 2.27. The van der Waals surface area contributed by atoms with Crippen molar-refractivity contribution in [1.82, 2.24) is 9.80 Å². The standard InChI is InChI=1S/C23H28N4O4/c28-23(26-10-4-9-24(11-12-26)18-19-5-2-1-3-6-19)21-17-20(27(29)30)7-8-22(21)25-13-15-31-16-14-25/h1-3,5-8,17H,4,9-16,18H2. The minimum Gasteiger partial charge on any atom is -0.378 e. The predicted octanol–water partition coefficient (Wildman–Crippen LogP) is 2.78. The summed E-state index contributed by atoms with van der Waals surface area (Å²) in [7, 11) is 0. The van der Waals surface area contributed by atoms with Crippen molar-refractivity contribution in [2.45, 2.75) is 13.0 Å². The van der Waals surface area contributed by atoms with E-state index >= 15 is 0 Å². The number of nitrogens with zero attached hydrogens (tertiary/aromatic N) is 4. The number of non-ortho nitro benzene ring substituents is 1. The highest BCUT2D eigenvalue weighted by Crippen LogP contribution is 2.28. The third-order valence-corrected chi connectivity index (χ3v) is 5.90. The van der Waals surface area contributed by atoms with E-state index in [0.29, 0.717) is 45.0 Å². The van der Waals surface area contributed by atoms with Crippen molar-refractivity contribution in [3.05, 3.63) is 69.8 Å². The SMILES string of the molecule is O=C(c1cc([N+](=O)[O-])ccc1N1CCOCC1)N1CCCN(Cc2ccccc2)CC1. The molecule has 0 atom stereocenters. The van der Waals surface area contributed by atoms with Crippen LogP contribution in [0.2, 0.25) is 0 Å². The first-order valence-corrected chi connectivity index (χ1v) is 10.8. The van der Waals surface area contributed by atoms with Gasteiger partial charge >= 0.3 is 0 Å². The Hall–Kier alpha value is -2.97. The lowest BCUT2D eigenvalue weighted by atomic mass is 10.1. The molecule has 2 heterocycles. The zero-order valence-electron chi connectivity index (χ0n) is 17.6. The van der Waals surface area contributed by atoms with Crippen LogP contribution < -0.4 is 4.90 Å². The lowest BCUT2D eigenvalue weighted by Gasteiger charge is -2.31. The van der Waals surface area contributed by atoms with Crippen LogP contribution in [0.5, 0.6) is 0 Å². The maximum Gasteiger partial charge on any atom is 0.270 e. The number of rotatable bonds is 5. The number of hydrogen-bond acceptors (Lipinski definition) is 6. The Morgan fingerprint density at radius 2 is 1.74 bits per heavy atom. The van der Waals surface area contributed by atoms with Crippen molar-refractivity contribution in [2.24, 2.45) is 0 Å². The number of carbonyl (C=O) groups excluding carboxylic acids is 1. The fourth-order valence-corrected chi connectivity index (χ4v) is 4.23. The number of nitro benzene ring substituents is 1. The average Bonchev–Trinajstić information content (AvgIpc) is 3.05. The van der Waals surface area contributed by atoms with Crippen LogP contribution in [0, 0.1) is 10.1 Å². The van der Waals surface area contributed by atoms with Gasteiger partial charge < -0.3 is 14.5 Å². The van der Waals surface area contributed by atoms with Gasteiger partial charge in [0.2, 0.25) is 0 Å².